The van der Waals surface area contributed by atoms with Crippen molar-refractivity contribution in [3.05, 3.63) is 47.7 Å². The molecule has 2 rings (SSSR count). The maximum absolute atomic E-state index is 13.2. The van der Waals surface area contributed by atoms with E-state index in [0.717, 1.165) is 11.6 Å². The van der Waals surface area contributed by atoms with E-state index in [9.17, 15) is 14.2 Å². The van der Waals surface area contributed by atoms with Gasteiger partial charge in [0.25, 0.3) is 0 Å². The number of carbonyl (C=O) groups excluding carboxylic acids is 2. The van der Waals surface area contributed by atoms with E-state index < -0.39 is 25.3 Å². The van der Waals surface area contributed by atoms with Gasteiger partial charge in [0, 0.05) is 19.9 Å². The van der Waals surface area contributed by atoms with Gasteiger partial charge >= 0.3 is 19.5 Å². The maximum Gasteiger partial charge on any atom is 0.356 e. The molecule has 0 N–H and O–H groups in total. The van der Waals surface area contributed by atoms with E-state index >= 15 is 0 Å². The number of rotatable bonds is 8. The molecule has 0 saturated heterocycles. The van der Waals surface area contributed by atoms with Crippen molar-refractivity contribution in [1.29, 1.82) is 0 Å². The van der Waals surface area contributed by atoms with Gasteiger partial charge in [-0.15, -0.1) is 0 Å². The second-order valence-electron chi connectivity index (χ2n) is 5.61. The summed E-state index contributed by atoms with van der Waals surface area (Å²) in [6.07, 6.45) is 4.39. The number of ether oxygens (including phenoxy) is 2. The molecule has 1 unspecified atom stereocenters. The Morgan fingerprint density at radius 2 is 1.75 bits per heavy atom. The van der Waals surface area contributed by atoms with Crippen molar-refractivity contribution in [2.24, 2.45) is 0 Å². The van der Waals surface area contributed by atoms with Gasteiger partial charge in [0.2, 0.25) is 0 Å². The standard InChI is InChI=1S/C19H24NO7P/c1-5-26-18(21)13-16(19(22)27-6-2)20-15-10-8-7-9-14(15)11-12-17(20)28(23,24-3)25-4/h7-13,17H,5-6H2,1-4H3/b16-13+. The van der Waals surface area contributed by atoms with Crippen molar-refractivity contribution in [3.63, 3.8) is 0 Å². The van der Waals surface area contributed by atoms with Gasteiger partial charge in [0.1, 0.15) is 5.70 Å². The van der Waals surface area contributed by atoms with Crippen LogP contribution in [0.2, 0.25) is 0 Å². The van der Waals surface area contributed by atoms with Gasteiger partial charge in [-0.2, -0.15) is 0 Å². The number of fused-ring (bicyclic) bond motifs is 1. The average molecular weight is 409 g/mol. The zero-order valence-corrected chi connectivity index (χ0v) is 17.2. The Morgan fingerprint density at radius 1 is 1.11 bits per heavy atom. The van der Waals surface area contributed by atoms with Crippen molar-refractivity contribution in [3.8, 4) is 0 Å². The van der Waals surface area contributed by atoms with Crippen LogP contribution in [-0.4, -0.2) is 45.2 Å². The van der Waals surface area contributed by atoms with Gasteiger partial charge in [0.05, 0.1) is 19.3 Å². The van der Waals surface area contributed by atoms with Crippen LogP contribution in [0.1, 0.15) is 19.4 Å². The number of anilines is 1. The van der Waals surface area contributed by atoms with E-state index in [-0.39, 0.29) is 18.9 Å². The molecule has 28 heavy (non-hydrogen) atoms. The predicted octanol–water partition coefficient (Wildman–Crippen LogP) is 3.34. The highest BCUT2D eigenvalue weighted by Gasteiger charge is 2.43. The third kappa shape index (κ3) is 4.52. The first-order chi connectivity index (χ1) is 13.4. The van der Waals surface area contributed by atoms with E-state index in [4.69, 9.17) is 18.5 Å². The molecule has 0 amide bonds. The third-order valence-corrected chi connectivity index (χ3v) is 6.10. The second kappa shape index (κ2) is 9.68. The molecule has 0 spiro atoms. The summed E-state index contributed by atoms with van der Waals surface area (Å²) < 4.78 is 33.6. The molecule has 0 saturated carbocycles. The van der Waals surface area contributed by atoms with E-state index in [0.29, 0.717) is 5.69 Å². The first kappa shape index (κ1) is 21.9. The zero-order chi connectivity index (χ0) is 20.7. The largest absolute Gasteiger partial charge is 0.463 e. The Bertz CT molecular complexity index is 825. The number of nitrogens with zero attached hydrogens (tertiary/aromatic N) is 1. The highest BCUT2D eigenvalue weighted by molar-refractivity contribution is 7.55. The van der Waals surface area contributed by atoms with Crippen LogP contribution in [-0.2, 0) is 32.7 Å². The SMILES string of the molecule is CCOC(=O)/C=C(\C(=O)OCC)N1c2ccccc2C=CC1P(=O)(OC)OC. The highest BCUT2D eigenvalue weighted by atomic mass is 31.2. The lowest BCUT2D eigenvalue weighted by atomic mass is 10.1. The molecule has 1 aliphatic rings. The molecule has 9 heteroatoms. The molecular weight excluding hydrogens is 385 g/mol. The summed E-state index contributed by atoms with van der Waals surface area (Å²) >= 11 is 0. The van der Waals surface area contributed by atoms with Gasteiger partial charge in [-0.05, 0) is 31.6 Å². The number of hydrogen-bond acceptors (Lipinski definition) is 8. The monoisotopic (exact) mass is 409 g/mol. The molecule has 1 aromatic carbocycles. The van der Waals surface area contributed by atoms with Crippen molar-refractivity contribution >= 4 is 31.3 Å². The first-order valence-corrected chi connectivity index (χ1v) is 10.4. The van der Waals surface area contributed by atoms with Gasteiger partial charge in [-0.25, -0.2) is 9.59 Å². The lowest BCUT2D eigenvalue weighted by molar-refractivity contribution is -0.141. The van der Waals surface area contributed by atoms with Crippen LogP contribution in [0.4, 0.5) is 5.69 Å². The van der Waals surface area contributed by atoms with Crippen molar-refractivity contribution in [2.45, 2.75) is 19.6 Å². The van der Waals surface area contributed by atoms with Crippen LogP contribution >= 0.6 is 7.60 Å². The molecular formula is C19H24NO7P. The van der Waals surface area contributed by atoms with E-state index in [2.05, 4.69) is 0 Å². The van der Waals surface area contributed by atoms with Crippen molar-refractivity contribution in [1.82, 2.24) is 0 Å². The van der Waals surface area contributed by atoms with Gasteiger partial charge in [0.15, 0.2) is 5.78 Å². The second-order valence-corrected chi connectivity index (χ2v) is 7.95. The molecule has 0 fully saturated rings. The summed E-state index contributed by atoms with van der Waals surface area (Å²) in [5, 5.41) is 0. The van der Waals surface area contributed by atoms with Crippen molar-refractivity contribution in [2.75, 3.05) is 32.3 Å². The average Bonchev–Trinajstić information content (AvgIpc) is 2.71. The van der Waals surface area contributed by atoms with Crippen LogP contribution in [0.3, 0.4) is 0 Å². The summed E-state index contributed by atoms with van der Waals surface area (Å²) in [5.74, 6) is -2.46. The molecule has 8 nitrogen and oxygen atoms in total. The number of hydrogen-bond donors (Lipinski definition) is 0. The van der Waals surface area contributed by atoms with E-state index in [1.165, 1.54) is 19.1 Å². The fourth-order valence-electron chi connectivity index (χ4n) is 2.80. The summed E-state index contributed by atoms with van der Waals surface area (Å²) in [4.78, 5) is 26.3. The normalized spacial score (nSPS) is 16.5. The Labute approximate surface area is 164 Å². The summed E-state index contributed by atoms with van der Waals surface area (Å²) in [6.45, 7) is 3.54. The zero-order valence-electron chi connectivity index (χ0n) is 16.3. The maximum atomic E-state index is 13.2. The van der Waals surface area contributed by atoms with E-state index in [1.807, 2.05) is 12.1 Å². The predicted molar refractivity (Wildman–Crippen MR) is 105 cm³/mol. The number of benzene rings is 1. The Hall–Kier alpha value is -2.41. The summed E-state index contributed by atoms with van der Waals surface area (Å²) in [7, 11) is -1.18. The Balaban J connectivity index is 2.68. The minimum absolute atomic E-state index is 0.0984. The molecule has 1 aromatic rings. The number of carbonyl (C=O) groups is 2. The molecule has 1 heterocycles. The fraction of sp³-hybridized carbons (Fsp3) is 0.368. The minimum atomic E-state index is -3.70. The number of para-hydroxylation sites is 1. The Morgan fingerprint density at radius 3 is 2.36 bits per heavy atom. The highest BCUT2D eigenvalue weighted by Crippen LogP contribution is 2.56. The van der Waals surface area contributed by atoms with Crippen LogP contribution in [0.15, 0.2) is 42.1 Å². The minimum Gasteiger partial charge on any atom is -0.463 e. The lowest BCUT2D eigenvalue weighted by Gasteiger charge is -2.38. The molecule has 0 bridgehead atoms. The smallest absolute Gasteiger partial charge is 0.356 e. The summed E-state index contributed by atoms with van der Waals surface area (Å²) in [6, 6.07) is 7.15. The van der Waals surface area contributed by atoms with Crippen LogP contribution in [0.25, 0.3) is 6.08 Å². The van der Waals surface area contributed by atoms with Gasteiger partial charge in [-0.1, -0.05) is 24.3 Å². The fourth-order valence-corrected chi connectivity index (χ4v) is 4.21. The molecule has 1 atom stereocenters. The van der Waals surface area contributed by atoms with Crippen LogP contribution < -0.4 is 4.90 Å². The topological polar surface area (TPSA) is 91.4 Å². The molecule has 0 aromatic heterocycles. The number of esters is 2. The van der Waals surface area contributed by atoms with Gasteiger partial charge in [-0.3, -0.25) is 4.57 Å². The molecule has 152 valence electrons. The van der Waals surface area contributed by atoms with Gasteiger partial charge < -0.3 is 23.4 Å². The third-order valence-electron chi connectivity index (χ3n) is 4.03. The molecule has 0 radical (unpaired) electrons. The van der Waals surface area contributed by atoms with Crippen LogP contribution in [0.5, 0.6) is 0 Å². The quantitative estimate of drug-likeness (QED) is 0.367. The molecule has 1 aliphatic heterocycles. The van der Waals surface area contributed by atoms with Crippen molar-refractivity contribution < 1.29 is 32.7 Å². The van der Waals surface area contributed by atoms with Crippen LogP contribution in [0, 0.1) is 0 Å². The van der Waals surface area contributed by atoms with E-state index in [1.54, 1.807) is 38.1 Å². The first-order valence-electron chi connectivity index (χ1n) is 8.75. The summed E-state index contributed by atoms with van der Waals surface area (Å²) in [5.41, 5.74) is 1.18. The molecule has 0 aliphatic carbocycles. The lowest BCUT2D eigenvalue weighted by Crippen LogP contribution is -2.39. The Kier molecular flexibility index (Phi) is 7.57.